The zero-order chi connectivity index (χ0) is 23.0. The number of rotatable bonds is 6. The highest BCUT2D eigenvalue weighted by Gasteiger charge is 2.56. The van der Waals surface area contributed by atoms with Gasteiger partial charge in [0.05, 0.1) is 6.54 Å². The summed E-state index contributed by atoms with van der Waals surface area (Å²) in [4.78, 5) is 51.5. The summed E-state index contributed by atoms with van der Waals surface area (Å²) in [5, 5.41) is 5.69. The maximum atomic E-state index is 13.2. The number of nitrogens with one attached hydrogen (secondary N) is 2. The lowest BCUT2D eigenvalue weighted by molar-refractivity contribution is -0.134. The summed E-state index contributed by atoms with van der Waals surface area (Å²) in [6, 6.07) is 6.02. The van der Waals surface area contributed by atoms with Gasteiger partial charge in [0.1, 0.15) is 5.54 Å². The molecule has 168 valence electrons. The molecule has 1 aromatic rings. The average Bonchev–Trinajstić information content (AvgIpc) is 2.83. The molecule has 7 heteroatoms. The fourth-order valence-corrected chi connectivity index (χ4v) is 5.21. The molecule has 0 aromatic heterocycles. The van der Waals surface area contributed by atoms with Crippen LogP contribution in [0.1, 0.15) is 70.7 Å². The predicted octanol–water partition coefficient (Wildman–Crippen LogP) is 3.99. The lowest BCUT2D eigenvalue weighted by Gasteiger charge is -2.43. The summed E-state index contributed by atoms with van der Waals surface area (Å²) < 4.78 is 0. The fourth-order valence-electron chi connectivity index (χ4n) is 5.21. The number of imide groups is 1. The number of amides is 4. The SMILES string of the molecule is CC(C)CC(=O)Nc1ccc(C(=O)CN2C(=O)N[C@]3(C[C@H](C)CC(C)(C)C3)C2=O)cc1. The molecule has 1 aliphatic carbocycles. The monoisotopic (exact) mass is 427 g/mol. The topological polar surface area (TPSA) is 95.6 Å². The highest BCUT2D eigenvalue weighted by atomic mass is 16.2. The standard InChI is InChI=1S/C24H33N3O4/c1-15(2)10-20(29)25-18-8-6-17(7-9-18)19(28)13-27-21(30)24(26-22(27)31)12-16(3)11-23(4,5)14-24/h6-9,15-16H,10-14H2,1-5H3,(H,25,29)(H,26,31)/t16-,24+/m1/s1. The van der Waals surface area contributed by atoms with Crippen molar-refractivity contribution in [3.05, 3.63) is 29.8 Å². The number of hydrogen-bond donors (Lipinski definition) is 2. The van der Waals surface area contributed by atoms with E-state index >= 15 is 0 Å². The molecule has 0 unspecified atom stereocenters. The Hall–Kier alpha value is -2.70. The minimum Gasteiger partial charge on any atom is -0.326 e. The van der Waals surface area contributed by atoms with Gasteiger partial charge in [0.2, 0.25) is 5.91 Å². The van der Waals surface area contributed by atoms with E-state index in [9.17, 15) is 19.2 Å². The van der Waals surface area contributed by atoms with Crippen molar-refractivity contribution in [3.63, 3.8) is 0 Å². The molecule has 3 rings (SSSR count). The minimum absolute atomic E-state index is 0.0591. The van der Waals surface area contributed by atoms with Gasteiger partial charge in [-0.2, -0.15) is 0 Å². The molecule has 2 atom stereocenters. The average molecular weight is 428 g/mol. The van der Waals surface area contributed by atoms with Crippen molar-refractivity contribution >= 4 is 29.3 Å². The lowest BCUT2D eigenvalue weighted by atomic mass is 9.64. The van der Waals surface area contributed by atoms with E-state index in [1.807, 2.05) is 13.8 Å². The van der Waals surface area contributed by atoms with E-state index in [1.165, 1.54) is 0 Å². The molecule has 7 nitrogen and oxygen atoms in total. The maximum Gasteiger partial charge on any atom is 0.325 e. The molecule has 4 amide bonds. The van der Waals surface area contributed by atoms with Gasteiger partial charge in [0, 0.05) is 17.7 Å². The zero-order valence-electron chi connectivity index (χ0n) is 19.1. The van der Waals surface area contributed by atoms with Crippen molar-refractivity contribution in [2.45, 2.75) is 65.8 Å². The molecule has 1 saturated heterocycles. The van der Waals surface area contributed by atoms with Crippen LogP contribution < -0.4 is 10.6 Å². The third kappa shape index (κ3) is 5.14. The summed E-state index contributed by atoms with van der Waals surface area (Å²) in [5.74, 6) is -0.136. The molecular weight excluding hydrogens is 394 g/mol. The van der Waals surface area contributed by atoms with Crippen LogP contribution in [0.25, 0.3) is 0 Å². The second kappa shape index (κ2) is 8.44. The van der Waals surface area contributed by atoms with Gasteiger partial charge in [-0.05, 0) is 60.8 Å². The van der Waals surface area contributed by atoms with E-state index in [0.717, 1.165) is 11.3 Å². The third-order valence-corrected chi connectivity index (χ3v) is 6.01. The number of hydrogen-bond acceptors (Lipinski definition) is 4. The zero-order valence-corrected chi connectivity index (χ0v) is 19.1. The van der Waals surface area contributed by atoms with Crippen LogP contribution >= 0.6 is 0 Å². The number of anilines is 1. The Bertz CT molecular complexity index is 891. The lowest BCUT2D eigenvalue weighted by Crippen LogP contribution is -2.54. The van der Waals surface area contributed by atoms with Gasteiger partial charge >= 0.3 is 6.03 Å². The number of nitrogens with zero attached hydrogens (tertiary/aromatic N) is 1. The summed E-state index contributed by atoms with van der Waals surface area (Å²) in [5.41, 5.74) is 0.0230. The van der Waals surface area contributed by atoms with Crippen LogP contribution in [0.5, 0.6) is 0 Å². The first-order chi connectivity index (χ1) is 14.4. The molecular formula is C24H33N3O4. The number of carbonyl (C=O) groups is 4. The van der Waals surface area contributed by atoms with Crippen molar-refractivity contribution in [2.24, 2.45) is 17.3 Å². The third-order valence-electron chi connectivity index (χ3n) is 6.01. The van der Waals surface area contributed by atoms with Crippen molar-refractivity contribution in [3.8, 4) is 0 Å². The van der Waals surface area contributed by atoms with Crippen LogP contribution in [0.15, 0.2) is 24.3 Å². The number of urea groups is 1. The van der Waals surface area contributed by atoms with E-state index in [2.05, 4.69) is 31.4 Å². The summed E-state index contributed by atoms with van der Waals surface area (Å²) >= 11 is 0. The fraction of sp³-hybridized carbons (Fsp3) is 0.583. The van der Waals surface area contributed by atoms with Gasteiger partial charge in [-0.25, -0.2) is 4.79 Å². The van der Waals surface area contributed by atoms with Crippen LogP contribution in [0.4, 0.5) is 10.5 Å². The van der Waals surface area contributed by atoms with E-state index in [0.29, 0.717) is 36.4 Å². The van der Waals surface area contributed by atoms with Crippen molar-refractivity contribution in [2.75, 3.05) is 11.9 Å². The van der Waals surface area contributed by atoms with Crippen molar-refractivity contribution < 1.29 is 19.2 Å². The second-order valence-electron chi connectivity index (χ2n) is 10.4. The number of benzene rings is 1. The van der Waals surface area contributed by atoms with Crippen molar-refractivity contribution in [1.82, 2.24) is 10.2 Å². The first-order valence-corrected chi connectivity index (χ1v) is 11.0. The Balaban J connectivity index is 1.67. The molecule has 1 saturated carbocycles. The number of ketones is 1. The van der Waals surface area contributed by atoms with Crippen LogP contribution in [0.3, 0.4) is 0 Å². The molecule has 1 aromatic carbocycles. The second-order valence-corrected chi connectivity index (χ2v) is 10.4. The Morgan fingerprint density at radius 1 is 1.16 bits per heavy atom. The molecule has 0 radical (unpaired) electrons. The van der Waals surface area contributed by atoms with Crippen LogP contribution in [-0.4, -0.2) is 40.6 Å². The van der Waals surface area contributed by atoms with E-state index < -0.39 is 11.6 Å². The first-order valence-electron chi connectivity index (χ1n) is 11.0. The van der Waals surface area contributed by atoms with Crippen LogP contribution in [0.2, 0.25) is 0 Å². The summed E-state index contributed by atoms with van der Waals surface area (Å²) in [7, 11) is 0. The first kappa shape index (κ1) is 23.0. The van der Waals surface area contributed by atoms with Crippen molar-refractivity contribution in [1.29, 1.82) is 0 Å². The predicted molar refractivity (Wildman–Crippen MR) is 119 cm³/mol. The van der Waals surface area contributed by atoms with Gasteiger partial charge in [0.15, 0.2) is 5.78 Å². The quantitative estimate of drug-likeness (QED) is 0.530. The molecule has 1 aliphatic heterocycles. The smallest absolute Gasteiger partial charge is 0.325 e. The van der Waals surface area contributed by atoms with E-state index in [1.54, 1.807) is 24.3 Å². The summed E-state index contributed by atoms with van der Waals surface area (Å²) in [6.45, 7) is 9.96. The summed E-state index contributed by atoms with van der Waals surface area (Å²) in [6.07, 6.45) is 2.59. The maximum absolute atomic E-state index is 13.2. The van der Waals surface area contributed by atoms with Gasteiger partial charge in [-0.1, -0.05) is 34.6 Å². The largest absolute Gasteiger partial charge is 0.326 e. The molecule has 31 heavy (non-hydrogen) atoms. The highest BCUT2D eigenvalue weighted by molar-refractivity contribution is 6.11. The number of carbonyl (C=O) groups excluding carboxylic acids is 4. The molecule has 2 N–H and O–H groups in total. The molecule has 1 heterocycles. The Morgan fingerprint density at radius 3 is 2.39 bits per heavy atom. The minimum atomic E-state index is -0.914. The van der Waals surface area contributed by atoms with Gasteiger partial charge < -0.3 is 10.6 Å². The Kier molecular flexibility index (Phi) is 6.25. The highest BCUT2D eigenvalue weighted by Crippen LogP contribution is 2.46. The molecule has 2 aliphatic rings. The van der Waals surface area contributed by atoms with E-state index in [4.69, 9.17) is 0 Å². The molecule has 2 fully saturated rings. The molecule has 1 spiro atoms. The number of Topliss-reactive ketones (excluding diaryl/α,β-unsaturated/α-hetero) is 1. The van der Waals surface area contributed by atoms with Gasteiger partial charge in [-0.3, -0.25) is 19.3 Å². The molecule has 0 bridgehead atoms. The normalized spacial score (nSPS) is 25.1. The Labute approximate surface area is 183 Å². The van der Waals surface area contributed by atoms with Gasteiger partial charge in [-0.15, -0.1) is 0 Å². The van der Waals surface area contributed by atoms with Crippen LogP contribution in [0, 0.1) is 17.3 Å². The van der Waals surface area contributed by atoms with Crippen LogP contribution in [-0.2, 0) is 9.59 Å². The Morgan fingerprint density at radius 2 is 1.81 bits per heavy atom. The van der Waals surface area contributed by atoms with E-state index in [-0.39, 0.29) is 35.5 Å². The van der Waals surface area contributed by atoms with Gasteiger partial charge in [0.25, 0.3) is 5.91 Å².